The maximum Gasteiger partial charge on any atom is 0.376 e. The van der Waals surface area contributed by atoms with Gasteiger partial charge in [-0.25, -0.2) is 14.8 Å². The van der Waals surface area contributed by atoms with Crippen LogP contribution in [0.15, 0.2) is 41.3 Å². The Hall–Kier alpha value is -2.23. The highest BCUT2D eigenvalue weighted by atomic mass is 16.5. The molecule has 0 spiro atoms. The van der Waals surface area contributed by atoms with E-state index in [1.54, 1.807) is 12.4 Å². The Bertz CT molecular complexity index is 695. The number of aromatic nitrogens is 2. The third-order valence-electron chi connectivity index (χ3n) is 4.49. The molecule has 0 aromatic carbocycles. The van der Waals surface area contributed by atoms with E-state index in [9.17, 15) is 4.79 Å². The second-order valence-electron chi connectivity index (χ2n) is 6.98. The van der Waals surface area contributed by atoms with Crippen LogP contribution in [-0.2, 0) is 4.74 Å². The van der Waals surface area contributed by atoms with Gasteiger partial charge >= 0.3 is 5.97 Å². The van der Waals surface area contributed by atoms with Crippen molar-refractivity contribution in [2.45, 2.75) is 47.0 Å². The summed E-state index contributed by atoms with van der Waals surface area (Å²) in [5.41, 5.74) is 5.15. The summed E-state index contributed by atoms with van der Waals surface area (Å²) in [4.78, 5) is 19.4. The molecule has 128 valence electrons. The predicted molar refractivity (Wildman–Crippen MR) is 96.5 cm³/mol. The molecule has 2 rings (SSSR count). The average Bonchev–Trinajstić information content (AvgIpc) is 2.53. The summed E-state index contributed by atoms with van der Waals surface area (Å²) in [7, 11) is 1.32. The van der Waals surface area contributed by atoms with Gasteiger partial charge in [-0.05, 0) is 50.2 Å². The minimum Gasteiger partial charge on any atom is -0.463 e. The molecule has 24 heavy (non-hydrogen) atoms. The fourth-order valence-electron chi connectivity index (χ4n) is 3.15. The number of ether oxygens (including phenoxy) is 1. The number of nitrogens with zero attached hydrogens (tertiary/aromatic N) is 2. The number of esters is 1. The lowest BCUT2D eigenvalue weighted by molar-refractivity contribution is 0.0586. The minimum absolute atomic E-state index is 0.0765. The van der Waals surface area contributed by atoms with Crippen molar-refractivity contribution in [3.8, 4) is 0 Å². The Morgan fingerprint density at radius 2 is 1.96 bits per heavy atom. The summed E-state index contributed by atoms with van der Waals surface area (Å²) in [6.45, 7) is 8.91. The lowest BCUT2D eigenvalue weighted by Crippen LogP contribution is -2.19. The maximum atomic E-state index is 11.3. The van der Waals surface area contributed by atoms with Gasteiger partial charge in [-0.3, -0.25) is 0 Å². The molecule has 0 fully saturated rings. The van der Waals surface area contributed by atoms with Gasteiger partial charge in [0.05, 0.1) is 7.11 Å². The third kappa shape index (κ3) is 4.40. The molecule has 0 bridgehead atoms. The molecule has 0 radical (unpaired) electrons. The Kier molecular flexibility index (Phi) is 5.71. The molecule has 0 aliphatic heterocycles. The van der Waals surface area contributed by atoms with Crippen molar-refractivity contribution in [1.29, 1.82) is 0 Å². The van der Waals surface area contributed by atoms with Gasteiger partial charge in [-0.15, -0.1) is 0 Å². The summed E-state index contributed by atoms with van der Waals surface area (Å²) < 4.78 is 4.60. The number of hydrogen-bond acceptors (Lipinski definition) is 4. The minimum atomic E-state index is -0.524. The molecule has 0 N–H and O–H groups in total. The van der Waals surface area contributed by atoms with Crippen molar-refractivity contribution in [3.05, 3.63) is 52.7 Å². The zero-order chi connectivity index (χ0) is 17.7. The zero-order valence-corrected chi connectivity index (χ0v) is 15.2. The SMILES string of the molecule is COC(=O)c1ncc(/C=C(C)/C=C/C2=C(C)CCCC2(C)C)cn1. The summed E-state index contributed by atoms with van der Waals surface area (Å²) in [5, 5.41) is 0. The molecule has 1 aliphatic carbocycles. The first kappa shape index (κ1) is 18.1. The molecule has 4 nitrogen and oxygen atoms in total. The monoisotopic (exact) mass is 326 g/mol. The van der Waals surface area contributed by atoms with E-state index >= 15 is 0 Å². The second kappa shape index (κ2) is 7.56. The number of carbonyl (C=O) groups is 1. The average molecular weight is 326 g/mol. The van der Waals surface area contributed by atoms with Crippen LogP contribution in [0.25, 0.3) is 6.08 Å². The van der Waals surface area contributed by atoms with Crippen molar-refractivity contribution in [1.82, 2.24) is 9.97 Å². The molecular weight excluding hydrogens is 300 g/mol. The van der Waals surface area contributed by atoms with Gasteiger partial charge in [0.1, 0.15) is 0 Å². The summed E-state index contributed by atoms with van der Waals surface area (Å²) in [6.07, 6.45) is 13.3. The van der Waals surface area contributed by atoms with Gasteiger partial charge in [-0.1, -0.05) is 37.1 Å². The van der Waals surface area contributed by atoms with Gasteiger partial charge in [0.25, 0.3) is 0 Å². The predicted octanol–water partition coefficient (Wildman–Crippen LogP) is 4.75. The van der Waals surface area contributed by atoms with Gasteiger partial charge in [0.15, 0.2) is 0 Å². The molecular formula is C20H26N2O2. The van der Waals surface area contributed by atoms with Crippen LogP contribution in [-0.4, -0.2) is 23.0 Å². The van der Waals surface area contributed by atoms with Crippen LogP contribution in [0.2, 0.25) is 0 Å². The van der Waals surface area contributed by atoms with Crippen LogP contribution in [0.1, 0.15) is 63.1 Å². The molecule has 0 unspecified atom stereocenters. The van der Waals surface area contributed by atoms with Crippen molar-refractivity contribution >= 4 is 12.0 Å². The lowest BCUT2D eigenvalue weighted by Gasteiger charge is -2.32. The van der Waals surface area contributed by atoms with Crippen LogP contribution in [0.3, 0.4) is 0 Å². The zero-order valence-electron chi connectivity index (χ0n) is 15.2. The third-order valence-corrected chi connectivity index (χ3v) is 4.49. The Balaban J connectivity index is 2.15. The van der Waals surface area contributed by atoms with Gasteiger partial charge in [0, 0.05) is 18.0 Å². The molecule has 1 aromatic rings. The first-order valence-corrected chi connectivity index (χ1v) is 8.30. The van der Waals surface area contributed by atoms with Crippen molar-refractivity contribution in [2.75, 3.05) is 7.11 Å². The van der Waals surface area contributed by atoms with Gasteiger partial charge in [-0.2, -0.15) is 0 Å². The number of rotatable bonds is 4. The Morgan fingerprint density at radius 3 is 2.54 bits per heavy atom. The first-order valence-electron chi connectivity index (χ1n) is 8.30. The number of methoxy groups -OCH3 is 1. The highest BCUT2D eigenvalue weighted by molar-refractivity contribution is 5.84. The van der Waals surface area contributed by atoms with Crippen LogP contribution < -0.4 is 0 Å². The summed E-state index contributed by atoms with van der Waals surface area (Å²) in [6, 6.07) is 0. The Labute approximate surface area is 144 Å². The van der Waals surface area contributed by atoms with E-state index in [4.69, 9.17) is 0 Å². The Morgan fingerprint density at radius 1 is 1.29 bits per heavy atom. The van der Waals surface area contributed by atoms with E-state index in [2.05, 4.69) is 54.6 Å². The normalized spacial score (nSPS) is 18.1. The molecule has 0 amide bonds. The largest absolute Gasteiger partial charge is 0.463 e. The highest BCUT2D eigenvalue weighted by Gasteiger charge is 2.26. The second-order valence-corrected chi connectivity index (χ2v) is 6.98. The quantitative estimate of drug-likeness (QED) is 0.592. The van der Waals surface area contributed by atoms with Crippen molar-refractivity contribution < 1.29 is 9.53 Å². The van der Waals surface area contributed by atoms with Gasteiger partial charge in [0.2, 0.25) is 5.82 Å². The van der Waals surface area contributed by atoms with E-state index in [0.29, 0.717) is 0 Å². The first-order chi connectivity index (χ1) is 11.3. The highest BCUT2D eigenvalue weighted by Crippen LogP contribution is 2.40. The van der Waals surface area contributed by atoms with E-state index < -0.39 is 5.97 Å². The number of carbonyl (C=O) groups excluding carboxylic acids is 1. The molecule has 4 heteroatoms. The molecule has 1 heterocycles. The standard InChI is InChI=1S/C20H26N2O2/c1-14(8-9-17-15(2)7-6-10-20(17,3)4)11-16-12-21-18(22-13-16)19(23)24-5/h8-9,11-13H,6-7,10H2,1-5H3/b9-8+,14-11+. The number of allylic oxidation sites excluding steroid dienone is 5. The van der Waals surface area contributed by atoms with Crippen molar-refractivity contribution in [3.63, 3.8) is 0 Å². The number of hydrogen-bond donors (Lipinski definition) is 0. The topological polar surface area (TPSA) is 52.1 Å². The van der Waals surface area contributed by atoms with Gasteiger partial charge < -0.3 is 4.74 Å². The van der Waals surface area contributed by atoms with E-state index in [1.165, 1.54) is 37.5 Å². The summed E-state index contributed by atoms with van der Waals surface area (Å²) in [5.74, 6) is -0.448. The van der Waals surface area contributed by atoms with Crippen LogP contribution >= 0.6 is 0 Å². The molecule has 0 saturated heterocycles. The smallest absolute Gasteiger partial charge is 0.376 e. The van der Waals surface area contributed by atoms with Crippen LogP contribution in [0.4, 0.5) is 0 Å². The molecule has 1 aliphatic rings. The molecule has 1 aromatic heterocycles. The fourth-order valence-corrected chi connectivity index (χ4v) is 3.15. The maximum absolute atomic E-state index is 11.3. The van der Waals surface area contributed by atoms with Crippen molar-refractivity contribution in [2.24, 2.45) is 5.41 Å². The molecule has 0 atom stereocenters. The van der Waals surface area contributed by atoms with E-state index in [0.717, 1.165) is 11.1 Å². The fraction of sp³-hybridized carbons (Fsp3) is 0.450. The van der Waals surface area contributed by atoms with Crippen LogP contribution in [0.5, 0.6) is 0 Å². The molecule has 0 saturated carbocycles. The summed E-state index contributed by atoms with van der Waals surface area (Å²) >= 11 is 0. The van der Waals surface area contributed by atoms with E-state index in [1.807, 2.05) is 6.08 Å². The van der Waals surface area contributed by atoms with E-state index in [-0.39, 0.29) is 11.2 Å². The lowest BCUT2D eigenvalue weighted by atomic mass is 9.72. The van der Waals surface area contributed by atoms with Crippen LogP contribution in [0, 0.1) is 5.41 Å².